The molecule has 27 heavy (non-hydrogen) atoms. The maximum Gasteiger partial charge on any atom is 0.333 e. The molecule has 0 radical (unpaired) electrons. The van der Waals surface area contributed by atoms with Gasteiger partial charge in [-0.25, -0.2) is 4.79 Å². The second-order valence-electron chi connectivity index (χ2n) is 10.4. The van der Waals surface area contributed by atoms with E-state index in [0.29, 0.717) is 25.2 Å². The summed E-state index contributed by atoms with van der Waals surface area (Å²) in [6, 6.07) is 0. The van der Waals surface area contributed by atoms with Gasteiger partial charge < -0.3 is 13.6 Å². The van der Waals surface area contributed by atoms with E-state index in [-0.39, 0.29) is 22.1 Å². The predicted octanol–water partition coefficient (Wildman–Crippen LogP) is 6.30. The lowest BCUT2D eigenvalue weighted by molar-refractivity contribution is -0.138. The summed E-state index contributed by atoms with van der Waals surface area (Å²) in [5.74, 6) is -0.256. The van der Waals surface area contributed by atoms with Crippen molar-refractivity contribution in [3.05, 3.63) is 11.6 Å². The van der Waals surface area contributed by atoms with E-state index in [0.717, 1.165) is 0 Å². The van der Waals surface area contributed by atoms with Gasteiger partial charge in [-0.05, 0) is 56.5 Å². The Morgan fingerprint density at radius 2 is 1.44 bits per heavy atom. The van der Waals surface area contributed by atoms with Crippen LogP contribution in [0.25, 0.3) is 0 Å². The van der Waals surface area contributed by atoms with E-state index in [1.54, 1.807) is 6.92 Å². The van der Waals surface area contributed by atoms with Crippen LogP contribution < -0.4 is 0 Å². The van der Waals surface area contributed by atoms with E-state index >= 15 is 0 Å². The van der Waals surface area contributed by atoms with Gasteiger partial charge in [0.15, 0.2) is 16.6 Å². The summed E-state index contributed by atoms with van der Waals surface area (Å²) >= 11 is 0. The molecule has 0 heterocycles. The maximum atomic E-state index is 11.9. The first kappa shape index (κ1) is 26.6. The number of carbonyl (C=O) groups excluding carboxylic acids is 1. The van der Waals surface area contributed by atoms with Crippen LogP contribution in [-0.2, 0) is 18.4 Å². The summed E-state index contributed by atoms with van der Waals surface area (Å²) in [5.41, 5.74) is 0.632. The number of ether oxygens (including phenoxy) is 1. The van der Waals surface area contributed by atoms with Crippen LogP contribution in [0.1, 0.15) is 61.8 Å². The molecule has 0 aromatic rings. The molecule has 0 unspecified atom stereocenters. The number of hydrogen-bond donors (Lipinski definition) is 0. The average molecular weight is 417 g/mol. The predicted molar refractivity (Wildman–Crippen MR) is 120 cm³/mol. The fraction of sp³-hybridized carbons (Fsp3) is 0.857. The van der Waals surface area contributed by atoms with Crippen molar-refractivity contribution in [3.63, 3.8) is 0 Å². The Bertz CT molecular complexity index is 511. The van der Waals surface area contributed by atoms with Crippen LogP contribution in [0, 0.1) is 0 Å². The van der Waals surface area contributed by atoms with Crippen LogP contribution in [0.15, 0.2) is 11.6 Å². The Kier molecular flexibility index (Phi) is 9.69. The van der Waals surface area contributed by atoms with E-state index in [1.165, 1.54) is 0 Å². The van der Waals surface area contributed by atoms with Crippen molar-refractivity contribution in [3.8, 4) is 0 Å². The fourth-order valence-corrected chi connectivity index (χ4v) is 4.28. The summed E-state index contributed by atoms with van der Waals surface area (Å²) in [6.07, 6.45) is 2.54. The van der Waals surface area contributed by atoms with Gasteiger partial charge in [0.05, 0.1) is 19.3 Å². The van der Waals surface area contributed by atoms with Gasteiger partial charge >= 0.3 is 5.97 Å². The molecule has 160 valence electrons. The van der Waals surface area contributed by atoms with Gasteiger partial charge in [0.2, 0.25) is 0 Å². The first-order chi connectivity index (χ1) is 11.9. The summed E-state index contributed by atoms with van der Waals surface area (Å²) in [6.45, 7) is 27.1. The smallest absolute Gasteiger partial charge is 0.333 e. The zero-order valence-electron chi connectivity index (χ0n) is 19.9. The van der Waals surface area contributed by atoms with Crippen LogP contribution in [-0.4, -0.2) is 41.9 Å². The molecule has 0 spiro atoms. The molecule has 6 heteroatoms. The standard InChI is InChI=1S/C21H44O4Si2/c1-13-23-19(22)17(2)14-15-18(25-27(11,12)21(6,7)8)16-24-26(9,10)20(3,4)5/h14,18H,13,15-16H2,1-12H3/b17-14+/t18-/m1/s1. The second kappa shape index (κ2) is 9.85. The van der Waals surface area contributed by atoms with Gasteiger partial charge in [-0.1, -0.05) is 47.6 Å². The molecule has 0 saturated heterocycles. The summed E-state index contributed by atoms with van der Waals surface area (Å²) < 4.78 is 18.2. The second-order valence-corrected chi connectivity index (χ2v) is 20.0. The molecule has 0 fully saturated rings. The van der Waals surface area contributed by atoms with Gasteiger partial charge in [0.1, 0.15) is 0 Å². The molecule has 0 saturated carbocycles. The third-order valence-electron chi connectivity index (χ3n) is 5.99. The molecule has 0 aromatic heterocycles. The molecule has 0 aliphatic rings. The summed E-state index contributed by atoms with van der Waals surface area (Å²) in [5, 5.41) is 0.285. The Hall–Kier alpha value is -0.436. The van der Waals surface area contributed by atoms with E-state index < -0.39 is 16.6 Å². The van der Waals surface area contributed by atoms with Gasteiger partial charge in [-0.3, -0.25) is 0 Å². The summed E-state index contributed by atoms with van der Waals surface area (Å²) in [7, 11) is -3.79. The number of esters is 1. The number of rotatable bonds is 9. The molecule has 0 N–H and O–H groups in total. The van der Waals surface area contributed by atoms with Crippen molar-refractivity contribution >= 4 is 22.6 Å². The molecular formula is C21H44O4Si2. The third kappa shape index (κ3) is 8.63. The van der Waals surface area contributed by atoms with Crippen molar-refractivity contribution in [1.29, 1.82) is 0 Å². The van der Waals surface area contributed by atoms with Crippen molar-refractivity contribution in [2.45, 2.75) is 104 Å². The van der Waals surface area contributed by atoms with E-state index in [1.807, 2.05) is 13.0 Å². The first-order valence-corrected chi connectivity index (χ1v) is 15.9. The third-order valence-corrected chi connectivity index (χ3v) is 15.0. The normalized spacial score (nSPS) is 15.6. The highest BCUT2D eigenvalue weighted by atomic mass is 28.4. The van der Waals surface area contributed by atoms with E-state index in [4.69, 9.17) is 13.6 Å². The molecule has 0 aromatic carbocycles. The van der Waals surface area contributed by atoms with Crippen LogP contribution >= 0.6 is 0 Å². The lowest BCUT2D eigenvalue weighted by atomic mass is 10.2. The number of carbonyl (C=O) groups is 1. The topological polar surface area (TPSA) is 44.8 Å². The highest BCUT2D eigenvalue weighted by molar-refractivity contribution is 6.74. The maximum absolute atomic E-state index is 11.9. The highest BCUT2D eigenvalue weighted by Crippen LogP contribution is 2.39. The fourth-order valence-electron chi connectivity index (χ4n) is 1.90. The summed E-state index contributed by atoms with van der Waals surface area (Å²) in [4.78, 5) is 11.9. The largest absolute Gasteiger partial charge is 0.463 e. The van der Waals surface area contributed by atoms with Crippen molar-refractivity contribution in [1.82, 2.24) is 0 Å². The highest BCUT2D eigenvalue weighted by Gasteiger charge is 2.41. The van der Waals surface area contributed by atoms with Crippen molar-refractivity contribution in [2.75, 3.05) is 13.2 Å². The van der Waals surface area contributed by atoms with Crippen LogP contribution in [0.4, 0.5) is 0 Å². The number of hydrogen-bond acceptors (Lipinski definition) is 4. The monoisotopic (exact) mass is 416 g/mol. The Morgan fingerprint density at radius 3 is 1.85 bits per heavy atom. The van der Waals surface area contributed by atoms with Crippen molar-refractivity contribution < 1.29 is 18.4 Å². The minimum atomic E-state index is -1.93. The molecule has 0 bridgehead atoms. The van der Waals surface area contributed by atoms with Crippen LogP contribution in [0.2, 0.25) is 36.3 Å². The molecule has 0 amide bonds. The van der Waals surface area contributed by atoms with Gasteiger partial charge in [0, 0.05) is 5.57 Å². The molecule has 0 aliphatic heterocycles. The quantitative estimate of drug-likeness (QED) is 0.251. The SMILES string of the molecule is CCOC(=O)/C(C)=C/C[C@H](CO[Si](C)(C)C(C)(C)C)O[Si](C)(C)C(C)(C)C. The minimum Gasteiger partial charge on any atom is -0.463 e. The van der Waals surface area contributed by atoms with Crippen LogP contribution in [0.3, 0.4) is 0 Å². The van der Waals surface area contributed by atoms with Gasteiger partial charge in [-0.2, -0.15) is 0 Å². The Balaban J connectivity index is 5.34. The first-order valence-electron chi connectivity index (χ1n) is 10.1. The molecular weight excluding hydrogens is 372 g/mol. The lowest BCUT2D eigenvalue weighted by Gasteiger charge is -2.41. The molecule has 1 atom stereocenters. The van der Waals surface area contributed by atoms with Crippen LogP contribution in [0.5, 0.6) is 0 Å². The average Bonchev–Trinajstić information content (AvgIpc) is 2.47. The lowest BCUT2D eigenvalue weighted by Crippen LogP contribution is -2.47. The van der Waals surface area contributed by atoms with Gasteiger partial charge in [0.25, 0.3) is 0 Å². The molecule has 0 aliphatic carbocycles. The van der Waals surface area contributed by atoms with Gasteiger partial charge in [-0.15, -0.1) is 0 Å². The Morgan fingerprint density at radius 1 is 0.963 bits per heavy atom. The molecule has 4 nitrogen and oxygen atoms in total. The molecule has 0 rings (SSSR count). The van der Waals surface area contributed by atoms with E-state index in [2.05, 4.69) is 67.7 Å². The zero-order valence-corrected chi connectivity index (χ0v) is 21.9. The minimum absolute atomic E-state index is 0.0515. The van der Waals surface area contributed by atoms with Crippen molar-refractivity contribution in [2.24, 2.45) is 0 Å². The van der Waals surface area contributed by atoms with E-state index in [9.17, 15) is 4.79 Å². The Labute approximate surface area is 170 Å². The zero-order chi connectivity index (χ0) is 21.7.